The Labute approximate surface area is 263 Å². The van der Waals surface area contributed by atoms with Crippen molar-refractivity contribution in [3.05, 3.63) is 104 Å². The molecule has 0 aliphatic carbocycles. The summed E-state index contributed by atoms with van der Waals surface area (Å²) in [7, 11) is 9.57. The minimum absolute atomic E-state index is 0.0412. The van der Waals surface area contributed by atoms with Crippen molar-refractivity contribution in [2.24, 2.45) is 7.05 Å². The number of nitrogen functional groups attached to an aromatic ring is 1. The van der Waals surface area contributed by atoms with Gasteiger partial charge in [-0.15, -0.1) is 17.0 Å². The molecule has 11 nitrogen and oxygen atoms in total. The van der Waals surface area contributed by atoms with Crippen LogP contribution in [0.15, 0.2) is 75.6 Å². The van der Waals surface area contributed by atoms with Gasteiger partial charge in [-0.1, -0.05) is 28.9 Å². The van der Waals surface area contributed by atoms with Gasteiger partial charge < -0.3 is 11.1 Å². The van der Waals surface area contributed by atoms with E-state index in [1.54, 1.807) is 72.1 Å². The first kappa shape index (κ1) is 30.8. The number of aryl methyl sites for hydroxylation is 1. The topological polar surface area (TPSA) is 138 Å². The molecule has 45 heavy (non-hydrogen) atoms. The van der Waals surface area contributed by atoms with Crippen LogP contribution in [0.5, 0.6) is 0 Å². The number of fused-ring (bicyclic) bond motifs is 2. The van der Waals surface area contributed by atoms with E-state index in [2.05, 4.69) is 38.3 Å². The highest BCUT2D eigenvalue weighted by molar-refractivity contribution is 6.44. The number of anilines is 1. The van der Waals surface area contributed by atoms with Crippen LogP contribution in [-0.2, 0) is 13.6 Å². The Kier molecular flexibility index (Phi) is 8.55. The van der Waals surface area contributed by atoms with Gasteiger partial charge in [-0.25, -0.2) is 14.5 Å². The lowest BCUT2D eigenvalue weighted by Crippen LogP contribution is -2.35. The molecule has 0 saturated carbocycles. The van der Waals surface area contributed by atoms with Gasteiger partial charge in [0.2, 0.25) is 0 Å². The maximum Gasteiger partial charge on any atom is 0.262 e. The Bertz CT molecular complexity index is 2230. The molecule has 4 heterocycles. The van der Waals surface area contributed by atoms with Crippen molar-refractivity contribution in [1.82, 2.24) is 39.2 Å². The van der Waals surface area contributed by atoms with Crippen LogP contribution >= 0.6 is 0 Å². The minimum Gasteiger partial charge on any atom is -0.381 e. The van der Waals surface area contributed by atoms with Crippen LogP contribution in [0.3, 0.4) is 0 Å². The third kappa shape index (κ3) is 5.93. The van der Waals surface area contributed by atoms with Crippen LogP contribution in [0, 0.1) is 24.2 Å². The summed E-state index contributed by atoms with van der Waals surface area (Å²) in [5, 5.41) is 11.7. The average molecular weight is 591 g/mol. The SMILES string of the molecule is B/C(C#C)=C(B)/C(B)=C(/B)Cn1c([C@@H](C)NC(=O)c2c(N)nn3cccnc23)nc2cccc(C#Cc3ccnn3C)c2c1=O. The monoisotopic (exact) mass is 591 g/mol. The lowest BCUT2D eigenvalue weighted by molar-refractivity contribution is 0.0939. The molecular weight excluding hydrogens is 562 g/mol. The van der Waals surface area contributed by atoms with E-state index < -0.39 is 11.9 Å². The molecule has 4 aromatic heterocycles. The Hall–Kier alpha value is -5.68. The van der Waals surface area contributed by atoms with Crippen molar-refractivity contribution in [2.45, 2.75) is 19.5 Å². The number of nitrogens with two attached hydrogens (primary N) is 1. The number of aromatic nitrogens is 7. The fourth-order valence-corrected chi connectivity index (χ4v) is 5.02. The van der Waals surface area contributed by atoms with Gasteiger partial charge in [0.1, 0.15) is 48.5 Å². The normalized spacial score (nSPS) is 12.9. The van der Waals surface area contributed by atoms with Crippen molar-refractivity contribution in [3.8, 4) is 24.2 Å². The summed E-state index contributed by atoms with van der Waals surface area (Å²) in [6.45, 7) is 1.98. The molecule has 0 unspecified atom stereocenters. The van der Waals surface area contributed by atoms with Crippen molar-refractivity contribution in [1.29, 1.82) is 0 Å². The molecule has 0 bridgehead atoms. The molecule has 1 amide bonds. The summed E-state index contributed by atoms with van der Waals surface area (Å²) in [6, 6.07) is 8.15. The number of carbonyl (C=O) groups is 1. The maximum atomic E-state index is 14.4. The number of amides is 1. The molecule has 0 radical (unpaired) electrons. The summed E-state index contributed by atoms with van der Waals surface area (Å²) in [6.07, 6.45) is 10.5. The van der Waals surface area contributed by atoms with E-state index in [4.69, 9.17) is 17.1 Å². The summed E-state index contributed by atoms with van der Waals surface area (Å²) in [5.41, 5.74) is 11.6. The van der Waals surface area contributed by atoms with Gasteiger partial charge >= 0.3 is 0 Å². The minimum atomic E-state index is -0.700. The van der Waals surface area contributed by atoms with Crippen LogP contribution in [-0.4, -0.2) is 71.2 Å². The third-order valence-electron chi connectivity index (χ3n) is 7.92. The standard InChI is InChI=1S/C30H29B4N9O2/c1-4-19(31)24(33)25(34)20(32)15-42-27(16(2)38-29(44)23-26(35)40-43-14-6-12-36-28(23)43)39-21-8-5-7-17(22(21)30(42)45)9-10-18-11-13-37-41(18)3/h1,5-8,11-14,16H,15,31-34H2,2-3H3,(H2,35,40)(H,38,44)/b24-19-,25-20-/t16-/m1/s1. The number of nitrogens with zero attached hydrogens (tertiary/aromatic N) is 7. The number of carbonyl (C=O) groups excluding carboxylic acids is 1. The highest BCUT2D eigenvalue weighted by atomic mass is 16.2. The van der Waals surface area contributed by atoms with E-state index in [0.29, 0.717) is 33.6 Å². The summed E-state index contributed by atoms with van der Waals surface area (Å²) in [5.74, 6) is 8.84. The molecule has 15 heteroatoms. The van der Waals surface area contributed by atoms with Gasteiger partial charge in [-0.2, -0.15) is 5.10 Å². The van der Waals surface area contributed by atoms with E-state index in [1.807, 2.05) is 31.4 Å². The molecule has 0 aliphatic heterocycles. The largest absolute Gasteiger partial charge is 0.381 e. The van der Waals surface area contributed by atoms with E-state index in [9.17, 15) is 9.59 Å². The number of hydrogen-bond acceptors (Lipinski definition) is 7. The van der Waals surface area contributed by atoms with E-state index in [-0.39, 0.29) is 23.5 Å². The Morgan fingerprint density at radius 1 is 1.11 bits per heavy atom. The molecular formula is C30H29B4N9O2. The second-order valence-corrected chi connectivity index (χ2v) is 10.8. The van der Waals surface area contributed by atoms with Gasteiger partial charge in [0.05, 0.1) is 23.1 Å². The van der Waals surface area contributed by atoms with Crippen LogP contribution in [0.2, 0.25) is 0 Å². The molecule has 1 atom stereocenters. The molecule has 1 aromatic carbocycles. The second-order valence-electron chi connectivity index (χ2n) is 10.8. The maximum absolute atomic E-state index is 14.4. The third-order valence-corrected chi connectivity index (χ3v) is 7.92. The number of nitrogens with one attached hydrogen (secondary N) is 1. The molecule has 0 saturated heterocycles. The number of rotatable bonds is 6. The quantitative estimate of drug-likeness (QED) is 0.136. The van der Waals surface area contributed by atoms with Gasteiger partial charge in [-0.3, -0.25) is 18.8 Å². The first-order valence-electron chi connectivity index (χ1n) is 14.3. The molecule has 5 rings (SSSR count). The molecule has 3 N–H and O–H groups in total. The zero-order valence-electron chi connectivity index (χ0n) is 26.0. The van der Waals surface area contributed by atoms with Crippen molar-refractivity contribution in [2.75, 3.05) is 5.73 Å². The van der Waals surface area contributed by atoms with E-state index in [0.717, 1.165) is 21.9 Å². The smallest absolute Gasteiger partial charge is 0.262 e. The first-order chi connectivity index (χ1) is 21.5. The van der Waals surface area contributed by atoms with Gasteiger partial charge in [0.15, 0.2) is 11.5 Å². The van der Waals surface area contributed by atoms with Gasteiger partial charge in [-0.05, 0) is 42.6 Å². The van der Waals surface area contributed by atoms with Gasteiger partial charge in [0.25, 0.3) is 11.5 Å². The molecule has 0 aliphatic rings. The molecule has 218 valence electrons. The zero-order valence-corrected chi connectivity index (χ0v) is 26.0. The molecule has 5 aromatic rings. The van der Waals surface area contributed by atoms with E-state index in [1.165, 1.54) is 4.52 Å². The summed E-state index contributed by atoms with van der Waals surface area (Å²) < 4.78 is 4.68. The Balaban J connectivity index is 1.66. The number of terminal acetylenes is 1. The van der Waals surface area contributed by atoms with Crippen molar-refractivity contribution in [3.63, 3.8) is 0 Å². The fourth-order valence-electron chi connectivity index (χ4n) is 5.02. The van der Waals surface area contributed by atoms with Crippen LogP contribution in [0.1, 0.15) is 40.4 Å². The van der Waals surface area contributed by atoms with Crippen molar-refractivity contribution >= 4 is 59.7 Å². The molecule has 0 fully saturated rings. The number of hydrogen-bond donors (Lipinski definition) is 2. The highest BCUT2D eigenvalue weighted by Gasteiger charge is 2.24. The number of allylic oxidation sites excluding steroid dienone is 4. The van der Waals surface area contributed by atoms with Gasteiger partial charge in [0, 0.05) is 31.5 Å². The predicted molar refractivity (Wildman–Crippen MR) is 186 cm³/mol. The zero-order chi connectivity index (χ0) is 32.4. The molecule has 0 spiro atoms. The highest BCUT2D eigenvalue weighted by Crippen LogP contribution is 2.21. The van der Waals surface area contributed by atoms with Crippen LogP contribution < -0.4 is 16.6 Å². The predicted octanol–water partition coefficient (Wildman–Crippen LogP) is -1.77. The Morgan fingerprint density at radius 3 is 2.60 bits per heavy atom. The van der Waals surface area contributed by atoms with Crippen LogP contribution in [0.25, 0.3) is 16.6 Å². The first-order valence-corrected chi connectivity index (χ1v) is 14.3. The van der Waals surface area contributed by atoms with Crippen molar-refractivity contribution < 1.29 is 4.79 Å². The fraction of sp³-hybridized carbons (Fsp3) is 0.133. The average Bonchev–Trinajstić information content (AvgIpc) is 3.60. The van der Waals surface area contributed by atoms with Crippen LogP contribution in [0.4, 0.5) is 5.82 Å². The Morgan fingerprint density at radius 2 is 1.89 bits per heavy atom. The number of benzene rings is 1. The lowest BCUT2D eigenvalue weighted by atomic mass is 9.66. The van der Waals surface area contributed by atoms with E-state index >= 15 is 0 Å². The summed E-state index contributed by atoms with van der Waals surface area (Å²) in [4.78, 5) is 37.1. The summed E-state index contributed by atoms with van der Waals surface area (Å²) >= 11 is 0. The lowest BCUT2D eigenvalue weighted by Gasteiger charge is -2.21. The second kappa shape index (κ2) is 12.5.